The fraction of sp³-hybridized carbons (Fsp3) is 0.588. The fourth-order valence-electron chi connectivity index (χ4n) is 3.21. The number of nitrogens with zero attached hydrogens (tertiary/aromatic N) is 1. The average Bonchev–Trinajstić information content (AvgIpc) is 2.70. The van der Waals surface area contributed by atoms with E-state index in [-0.39, 0.29) is 17.4 Å². The Bertz CT molecular complexity index is 490. The molecular weight excluding hydrogens is 234 g/mol. The predicted octanol–water partition coefficient (Wildman–Crippen LogP) is 3.75. The van der Waals surface area contributed by atoms with Gasteiger partial charge in [0.2, 0.25) is 0 Å². The molecule has 1 aromatic carbocycles. The normalized spacial score (nSPS) is 20.5. The number of ketones is 1. The molecule has 0 spiro atoms. The molecule has 2 heteroatoms. The molecule has 2 rings (SSSR count). The molecule has 1 heterocycles. The summed E-state index contributed by atoms with van der Waals surface area (Å²) in [5.74, 6) is 0.260. The first kappa shape index (κ1) is 14.3. The molecule has 2 nitrogen and oxygen atoms in total. The lowest BCUT2D eigenvalue weighted by Crippen LogP contribution is -2.47. The third-order valence-electron chi connectivity index (χ3n) is 4.47. The molecule has 0 amide bonds. The molecule has 1 aliphatic heterocycles. The maximum absolute atomic E-state index is 12.8. The molecule has 1 aliphatic rings. The van der Waals surface area contributed by atoms with Crippen LogP contribution in [-0.4, -0.2) is 28.8 Å². The van der Waals surface area contributed by atoms with Gasteiger partial charge in [-0.1, -0.05) is 17.7 Å². The van der Waals surface area contributed by atoms with Crippen molar-refractivity contribution in [2.24, 2.45) is 0 Å². The standard InChI is InChI=1S/C17H25NO/c1-12-7-8-13(2)15(11-12)16(19)14(3)18-10-6-9-17(18,4)5/h7-8,11,14H,6,9-10H2,1-5H3. The minimum atomic E-state index is -0.0296. The van der Waals surface area contributed by atoms with E-state index in [9.17, 15) is 4.79 Å². The van der Waals surface area contributed by atoms with Gasteiger partial charge in [0, 0.05) is 11.1 Å². The van der Waals surface area contributed by atoms with Crippen LogP contribution in [0, 0.1) is 13.8 Å². The van der Waals surface area contributed by atoms with Crippen LogP contribution in [0.1, 0.15) is 55.1 Å². The number of Topliss-reactive ketones (excluding diaryl/α,β-unsaturated/α-hetero) is 1. The van der Waals surface area contributed by atoms with Crippen molar-refractivity contribution in [3.63, 3.8) is 0 Å². The van der Waals surface area contributed by atoms with Crippen molar-refractivity contribution in [1.29, 1.82) is 0 Å². The zero-order chi connectivity index (χ0) is 14.2. The van der Waals surface area contributed by atoms with Crippen molar-refractivity contribution in [3.05, 3.63) is 34.9 Å². The summed E-state index contributed by atoms with van der Waals surface area (Å²) in [6.45, 7) is 11.6. The lowest BCUT2D eigenvalue weighted by Gasteiger charge is -2.36. The Morgan fingerprint density at radius 2 is 2.00 bits per heavy atom. The van der Waals surface area contributed by atoms with Crippen LogP contribution in [0.15, 0.2) is 18.2 Å². The minimum Gasteiger partial charge on any atom is -0.292 e. The van der Waals surface area contributed by atoms with Crippen LogP contribution in [0.5, 0.6) is 0 Å². The molecule has 1 atom stereocenters. The Labute approximate surface area is 116 Å². The van der Waals surface area contributed by atoms with Crippen LogP contribution in [0.3, 0.4) is 0 Å². The van der Waals surface area contributed by atoms with E-state index in [0.717, 1.165) is 23.2 Å². The highest BCUT2D eigenvalue weighted by Crippen LogP contribution is 2.31. The number of aryl methyl sites for hydroxylation is 2. The van der Waals surface area contributed by atoms with E-state index in [4.69, 9.17) is 0 Å². The first-order valence-corrected chi connectivity index (χ1v) is 7.21. The van der Waals surface area contributed by atoms with Gasteiger partial charge in [-0.15, -0.1) is 0 Å². The smallest absolute Gasteiger partial charge is 0.179 e. The molecule has 1 saturated heterocycles. The molecule has 1 unspecified atom stereocenters. The third kappa shape index (κ3) is 2.74. The van der Waals surface area contributed by atoms with Gasteiger partial charge in [0.15, 0.2) is 5.78 Å². The van der Waals surface area contributed by atoms with Gasteiger partial charge in [-0.2, -0.15) is 0 Å². The highest BCUT2D eigenvalue weighted by molar-refractivity contribution is 6.01. The van der Waals surface area contributed by atoms with Gasteiger partial charge in [-0.3, -0.25) is 9.69 Å². The van der Waals surface area contributed by atoms with E-state index in [2.05, 4.69) is 31.7 Å². The molecule has 0 bridgehead atoms. The molecule has 0 radical (unpaired) electrons. The lowest BCUT2D eigenvalue weighted by molar-refractivity contribution is 0.0721. The molecule has 19 heavy (non-hydrogen) atoms. The van der Waals surface area contributed by atoms with E-state index >= 15 is 0 Å². The van der Waals surface area contributed by atoms with Gasteiger partial charge in [-0.25, -0.2) is 0 Å². The molecule has 104 valence electrons. The minimum absolute atomic E-state index is 0.0296. The molecule has 1 aromatic rings. The highest BCUT2D eigenvalue weighted by Gasteiger charge is 2.37. The maximum Gasteiger partial charge on any atom is 0.179 e. The van der Waals surface area contributed by atoms with E-state index in [0.29, 0.717) is 0 Å². The number of rotatable bonds is 3. The van der Waals surface area contributed by atoms with Crippen molar-refractivity contribution >= 4 is 5.78 Å². The fourth-order valence-corrected chi connectivity index (χ4v) is 3.21. The number of hydrogen-bond acceptors (Lipinski definition) is 2. The molecule has 0 aromatic heterocycles. The molecule has 1 fully saturated rings. The van der Waals surface area contributed by atoms with Crippen LogP contribution < -0.4 is 0 Å². The second kappa shape index (κ2) is 5.09. The quantitative estimate of drug-likeness (QED) is 0.771. The Balaban J connectivity index is 2.26. The van der Waals surface area contributed by atoms with Crippen LogP contribution in [0.2, 0.25) is 0 Å². The summed E-state index contributed by atoms with van der Waals surface area (Å²) in [5, 5.41) is 0. The van der Waals surface area contributed by atoms with Gasteiger partial charge in [0.25, 0.3) is 0 Å². The first-order chi connectivity index (χ1) is 8.83. The van der Waals surface area contributed by atoms with E-state index < -0.39 is 0 Å². The van der Waals surface area contributed by atoms with Crippen LogP contribution >= 0.6 is 0 Å². The summed E-state index contributed by atoms with van der Waals surface area (Å²) in [7, 11) is 0. The number of carbonyl (C=O) groups is 1. The van der Waals surface area contributed by atoms with E-state index in [1.807, 2.05) is 26.0 Å². The average molecular weight is 259 g/mol. The number of hydrogen-bond donors (Lipinski definition) is 0. The van der Waals surface area contributed by atoms with Gasteiger partial charge in [0.1, 0.15) is 0 Å². The Morgan fingerprint density at radius 3 is 2.58 bits per heavy atom. The monoisotopic (exact) mass is 259 g/mol. The van der Waals surface area contributed by atoms with Crippen molar-refractivity contribution in [2.45, 2.75) is 59.0 Å². The van der Waals surface area contributed by atoms with Gasteiger partial charge < -0.3 is 0 Å². The van der Waals surface area contributed by atoms with Crippen LogP contribution in [0.25, 0.3) is 0 Å². The summed E-state index contributed by atoms with van der Waals surface area (Å²) >= 11 is 0. The second-order valence-electron chi connectivity index (χ2n) is 6.47. The van der Waals surface area contributed by atoms with Crippen molar-refractivity contribution in [2.75, 3.05) is 6.54 Å². The highest BCUT2D eigenvalue weighted by atomic mass is 16.1. The SMILES string of the molecule is Cc1ccc(C)c(C(=O)C(C)N2CCCC2(C)C)c1. The summed E-state index contributed by atoms with van der Waals surface area (Å²) in [6.07, 6.45) is 2.37. The van der Waals surface area contributed by atoms with E-state index in [1.54, 1.807) is 0 Å². The Morgan fingerprint density at radius 1 is 1.32 bits per heavy atom. The van der Waals surface area contributed by atoms with Crippen molar-refractivity contribution in [3.8, 4) is 0 Å². The van der Waals surface area contributed by atoms with E-state index in [1.165, 1.54) is 12.8 Å². The summed E-state index contributed by atoms with van der Waals surface area (Å²) < 4.78 is 0. The van der Waals surface area contributed by atoms with Crippen LogP contribution in [0.4, 0.5) is 0 Å². The Kier molecular flexibility index (Phi) is 3.82. The summed E-state index contributed by atoms with van der Waals surface area (Å²) in [6, 6.07) is 6.11. The summed E-state index contributed by atoms with van der Waals surface area (Å²) in [5.41, 5.74) is 3.27. The van der Waals surface area contributed by atoms with Gasteiger partial charge in [-0.05, 0) is 65.6 Å². The second-order valence-corrected chi connectivity index (χ2v) is 6.47. The molecule has 0 saturated carbocycles. The maximum atomic E-state index is 12.8. The first-order valence-electron chi connectivity index (χ1n) is 7.21. The van der Waals surface area contributed by atoms with Gasteiger partial charge >= 0.3 is 0 Å². The zero-order valence-electron chi connectivity index (χ0n) is 12.8. The lowest BCUT2D eigenvalue weighted by atomic mass is 9.95. The van der Waals surface area contributed by atoms with Crippen molar-refractivity contribution < 1.29 is 4.79 Å². The van der Waals surface area contributed by atoms with Crippen molar-refractivity contribution in [1.82, 2.24) is 4.90 Å². The molecule has 0 N–H and O–H groups in total. The largest absolute Gasteiger partial charge is 0.292 e. The van der Waals surface area contributed by atoms with Crippen LogP contribution in [-0.2, 0) is 0 Å². The third-order valence-corrected chi connectivity index (χ3v) is 4.47. The molecular formula is C17H25NO. The zero-order valence-corrected chi connectivity index (χ0v) is 12.8. The Hall–Kier alpha value is -1.15. The number of likely N-dealkylation sites (tertiary alicyclic amines) is 1. The topological polar surface area (TPSA) is 20.3 Å². The van der Waals surface area contributed by atoms with Gasteiger partial charge in [0.05, 0.1) is 6.04 Å². The number of benzene rings is 1. The predicted molar refractivity (Wildman–Crippen MR) is 79.7 cm³/mol. The molecule has 0 aliphatic carbocycles. The number of carbonyl (C=O) groups excluding carboxylic acids is 1. The summed E-state index contributed by atoms with van der Waals surface area (Å²) in [4.78, 5) is 15.1.